The maximum Gasteiger partial charge on any atom is 0.287 e. The second-order valence-electron chi connectivity index (χ2n) is 9.95. The molecule has 0 spiro atoms. The van der Waals surface area contributed by atoms with E-state index in [1.807, 2.05) is 12.4 Å². The molecule has 1 atom stereocenters. The van der Waals surface area contributed by atoms with E-state index < -0.39 is 0 Å². The van der Waals surface area contributed by atoms with Crippen LogP contribution in [0.15, 0.2) is 47.1 Å². The predicted molar refractivity (Wildman–Crippen MR) is 135 cm³/mol. The molecule has 6 nitrogen and oxygen atoms in total. The molecule has 1 saturated carbocycles. The van der Waals surface area contributed by atoms with Gasteiger partial charge in [0.25, 0.3) is 5.91 Å². The lowest BCUT2D eigenvalue weighted by Crippen LogP contribution is -2.42. The summed E-state index contributed by atoms with van der Waals surface area (Å²) < 4.78 is 21.9. The molecule has 0 radical (unpaired) electrons. The highest BCUT2D eigenvalue weighted by Crippen LogP contribution is 2.38. The van der Waals surface area contributed by atoms with Gasteiger partial charge in [0.05, 0.1) is 12.0 Å². The first-order chi connectivity index (χ1) is 17.1. The summed E-state index contributed by atoms with van der Waals surface area (Å²) in [5, 5.41) is 3.02. The van der Waals surface area contributed by atoms with E-state index >= 15 is 0 Å². The van der Waals surface area contributed by atoms with Gasteiger partial charge in [-0.1, -0.05) is 25.7 Å². The fraction of sp³-hybridized carbons (Fsp3) is 0.500. The molecule has 1 unspecified atom stereocenters. The number of aromatic nitrogens is 2. The number of piperidine rings is 1. The Kier molecular flexibility index (Phi) is 7.32. The van der Waals surface area contributed by atoms with Crippen LogP contribution < -0.4 is 5.32 Å². The van der Waals surface area contributed by atoms with Crippen LogP contribution in [0.25, 0.3) is 22.7 Å². The Morgan fingerprint density at radius 1 is 1.06 bits per heavy atom. The number of halogens is 1. The first-order valence-electron chi connectivity index (χ1n) is 13.1. The van der Waals surface area contributed by atoms with Crippen molar-refractivity contribution in [2.24, 2.45) is 0 Å². The van der Waals surface area contributed by atoms with Gasteiger partial charge in [-0.3, -0.25) is 9.69 Å². The van der Waals surface area contributed by atoms with Gasteiger partial charge in [0, 0.05) is 30.7 Å². The Balaban J connectivity index is 1.36. The molecule has 1 saturated heterocycles. The lowest BCUT2D eigenvalue weighted by atomic mass is 9.95. The van der Waals surface area contributed by atoms with Gasteiger partial charge in [-0.2, -0.15) is 0 Å². The second-order valence-corrected chi connectivity index (χ2v) is 9.95. The number of carbonyl (C=O) groups excluding carboxylic acids is 1. The van der Waals surface area contributed by atoms with Gasteiger partial charge in [0.1, 0.15) is 11.5 Å². The molecule has 7 heteroatoms. The largest absolute Gasteiger partial charge is 0.449 e. The van der Waals surface area contributed by atoms with Crippen molar-refractivity contribution in [1.29, 1.82) is 0 Å². The Morgan fingerprint density at radius 2 is 1.83 bits per heavy atom. The fourth-order valence-electron chi connectivity index (χ4n) is 5.54. The van der Waals surface area contributed by atoms with Crippen LogP contribution in [0.5, 0.6) is 0 Å². The summed E-state index contributed by atoms with van der Waals surface area (Å²) in [4.78, 5) is 20.0. The minimum absolute atomic E-state index is 0.201. The Bertz CT molecular complexity index is 1130. The molecule has 0 bridgehead atoms. The number of amides is 1. The molecular weight excluding hydrogens is 443 g/mol. The van der Waals surface area contributed by atoms with Crippen molar-refractivity contribution in [3.63, 3.8) is 0 Å². The second kappa shape index (κ2) is 10.8. The predicted octanol–water partition coefficient (Wildman–Crippen LogP) is 6.06. The van der Waals surface area contributed by atoms with Crippen molar-refractivity contribution >= 4 is 5.91 Å². The van der Waals surface area contributed by atoms with E-state index in [1.165, 1.54) is 50.7 Å². The first-order valence-corrected chi connectivity index (χ1v) is 13.1. The van der Waals surface area contributed by atoms with Gasteiger partial charge in [-0.15, -0.1) is 0 Å². The average molecular weight is 479 g/mol. The van der Waals surface area contributed by atoms with E-state index in [1.54, 1.807) is 18.2 Å². The zero-order chi connectivity index (χ0) is 24.2. The number of benzene rings is 1. The summed E-state index contributed by atoms with van der Waals surface area (Å²) >= 11 is 0. The van der Waals surface area contributed by atoms with Crippen molar-refractivity contribution in [1.82, 2.24) is 19.8 Å². The lowest BCUT2D eigenvalue weighted by molar-refractivity contribution is 0.0912. The molecule has 1 aromatic carbocycles. The number of likely N-dealkylation sites (tertiary alicyclic amines) is 1. The Morgan fingerprint density at radius 3 is 2.60 bits per heavy atom. The molecular formula is C28H35FN4O2. The number of hydrogen-bond donors (Lipinski definition) is 1. The van der Waals surface area contributed by atoms with E-state index in [2.05, 4.69) is 21.7 Å². The van der Waals surface area contributed by atoms with E-state index in [4.69, 9.17) is 9.40 Å². The smallest absolute Gasteiger partial charge is 0.287 e. The van der Waals surface area contributed by atoms with Crippen LogP contribution >= 0.6 is 0 Å². The van der Waals surface area contributed by atoms with Crippen LogP contribution in [0, 0.1) is 5.82 Å². The SMILES string of the molecule is CC1CCCCN1CCNC(=O)c1ccc(-c2c(-c3ccc(F)cc3)ncn2C2CCCCC2)o1. The van der Waals surface area contributed by atoms with Gasteiger partial charge < -0.3 is 14.3 Å². The van der Waals surface area contributed by atoms with Crippen molar-refractivity contribution in [2.45, 2.75) is 70.4 Å². The summed E-state index contributed by atoms with van der Waals surface area (Å²) in [7, 11) is 0. The molecule has 3 heterocycles. The normalized spacial score (nSPS) is 19.7. The van der Waals surface area contributed by atoms with Crippen LogP contribution in [-0.4, -0.2) is 46.0 Å². The van der Waals surface area contributed by atoms with Gasteiger partial charge in [-0.25, -0.2) is 9.37 Å². The van der Waals surface area contributed by atoms with Gasteiger partial charge in [0.2, 0.25) is 0 Å². The van der Waals surface area contributed by atoms with E-state index in [9.17, 15) is 9.18 Å². The molecule has 1 aliphatic heterocycles. The third-order valence-corrected chi connectivity index (χ3v) is 7.57. The van der Waals surface area contributed by atoms with E-state index in [-0.39, 0.29) is 11.7 Å². The maximum atomic E-state index is 13.6. The number of carbonyl (C=O) groups is 1. The summed E-state index contributed by atoms with van der Waals surface area (Å²) in [5.74, 6) is 0.432. The number of nitrogens with one attached hydrogen (secondary N) is 1. The van der Waals surface area contributed by atoms with Crippen LogP contribution in [0.1, 0.15) is 74.9 Å². The highest BCUT2D eigenvalue weighted by Gasteiger charge is 2.25. The Labute approximate surface area is 206 Å². The molecule has 2 aromatic heterocycles. The summed E-state index contributed by atoms with van der Waals surface area (Å²) in [6.45, 7) is 4.80. The number of imidazole rings is 1. The Hall–Kier alpha value is -2.93. The van der Waals surface area contributed by atoms with Crippen molar-refractivity contribution < 1.29 is 13.6 Å². The number of nitrogens with zero attached hydrogens (tertiary/aromatic N) is 3. The van der Waals surface area contributed by atoms with E-state index in [0.29, 0.717) is 30.1 Å². The zero-order valence-electron chi connectivity index (χ0n) is 20.5. The van der Waals surface area contributed by atoms with Crippen molar-refractivity contribution in [3.05, 3.63) is 54.3 Å². The fourth-order valence-corrected chi connectivity index (χ4v) is 5.54. The molecule has 2 aliphatic rings. The minimum Gasteiger partial charge on any atom is -0.449 e. The summed E-state index contributed by atoms with van der Waals surface area (Å²) in [5.41, 5.74) is 2.43. The van der Waals surface area contributed by atoms with Crippen LogP contribution in [0.4, 0.5) is 4.39 Å². The van der Waals surface area contributed by atoms with E-state index in [0.717, 1.165) is 42.9 Å². The topological polar surface area (TPSA) is 63.3 Å². The molecule has 2 fully saturated rings. The van der Waals surface area contributed by atoms with Gasteiger partial charge >= 0.3 is 0 Å². The molecule has 1 amide bonds. The molecule has 35 heavy (non-hydrogen) atoms. The number of furan rings is 1. The van der Waals surface area contributed by atoms with Crippen molar-refractivity contribution in [3.8, 4) is 22.7 Å². The number of rotatable bonds is 7. The lowest BCUT2D eigenvalue weighted by Gasteiger charge is -2.33. The van der Waals surface area contributed by atoms with Crippen molar-refractivity contribution in [2.75, 3.05) is 19.6 Å². The highest BCUT2D eigenvalue weighted by atomic mass is 19.1. The van der Waals surface area contributed by atoms with Gasteiger partial charge in [-0.05, 0) is 75.5 Å². The molecule has 1 aliphatic carbocycles. The first kappa shape index (κ1) is 23.8. The quantitative estimate of drug-likeness (QED) is 0.448. The van der Waals surface area contributed by atoms with Crippen LogP contribution in [0.3, 0.4) is 0 Å². The zero-order valence-corrected chi connectivity index (χ0v) is 20.5. The molecule has 5 rings (SSSR count). The third-order valence-electron chi connectivity index (χ3n) is 7.57. The van der Waals surface area contributed by atoms with Crippen LogP contribution in [-0.2, 0) is 0 Å². The maximum absolute atomic E-state index is 13.6. The van der Waals surface area contributed by atoms with Gasteiger partial charge in [0.15, 0.2) is 11.5 Å². The molecule has 3 aromatic rings. The molecule has 186 valence electrons. The molecule has 1 N–H and O–H groups in total. The average Bonchev–Trinajstić information content (AvgIpc) is 3.54. The summed E-state index contributed by atoms with van der Waals surface area (Å²) in [6, 6.07) is 10.9. The standard InChI is InChI=1S/C28H35FN4O2/c1-20-7-5-6-17-32(20)18-16-30-28(34)25-15-14-24(35-25)27-26(21-10-12-22(29)13-11-21)31-19-33(27)23-8-3-2-4-9-23/h10-15,19-20,23H,2-9,16-18H2,1H3,(H,30,34). The van der Waals surface area contributed by atoms with Crippen LogP contribution in [0.2, 0.25) is 0 Å². The minimum atomic E-state index is -0.280. The summed E-state index contributed by atoms with van der Waals surface area (Å²) in [6.07, 6.45) is 11.4. The number of hydrogen-bond acceptors (Lipinski definition) is 4. The monoisotopic (exact) mass is 478 g/mol. The third kappa shape index (κ3) is 5.35. The highest BCUT2D eigenvalue weighted by molar-refractivity contribution is 5.92.